The van der Waals surface area contributed by atoms with Gasteiger partial charge in [0.25, 0.3) is 0 Å². The molecule has 1 rings (SSSR count). The number of carbonyl (C=O) groups is 1. The van der Waals surface area contributed by atoms with Crippen molar-refractivity contribution in [1.29, 1.82) is 0 Å². The minimum absolute atomic E-state index is 0.538. The van der Waals surface area contributed by atoms with Crippen molar-refractivity contribution in [2.24, 2.45) is 12.8 Å². The fraction of sp³-hybridized carbons (Fsp3) is 0.667. The monoisotopic (exact) mass is 244 g/mol. The highest BCUT2D eigenvalue weighted by molar-refractivity contribution is 7.99. The topological polar surface area (TPSA) is 94.0 Å². The minimum atomic E-state index is -0.989. The van der Waals surface area contributed by atoms with E-state index in [1.807, 2.05) is 13.8 Å². The average Bonchev–Trinajstić information content (AvgIpc) is 2.60. The smallest absolute Gasteiger partial charge is 0.321 e. The molecule has 0 radical (unpaired) electrons. The van der Waals surface area contributed by atoms with Crippen molar-refractivity contribution in [1.82, 2.24) is 15.0 Å². The zero-order valence-corrected chi connectivity index (χ0v) is 10.4. The fourth-order valence-corrected chi connectivity index (χ4v) is 2.04. The number of hydrogen-bond acceptors (Lipinski definition) is 5. The van der Waals surface area contributed by atoms with Crippen LogP contribution in [0, 0.1) is 0 Å². The molecule has 0 aromatic carbocycles. The Morgan fingerprint density at radius 3 is 2.81 bits per heavy atom. The molecule has 0 bridgehead atoms. The number of carboxylic acids is 1. The van der Waals surface area contributed by atoms with E-state index in [9.17, 15) is 4.79 Å². The van der Waals surface area contributed by atoms with Gasteiger partial charge in [-0.05, 0) is 13.8 Å². The summed E-state index contributed by atoms with van der Waals surface area (Å²) < 4.78 is 1.07. The van der Waals surface area contributed by atoms with E-state index in [4.69, 9.17) is 10.8 Å². The second-order valence-corrected chi connectivity index (χ2v) is 5.72. The lowest BCUT2D eigenvalue weighted by molar-refractivity contribution is -0.139. The molecule has 0 aliphatic carbocycles. The lowest BCUT2D eigenvalue weighted by Gasteiger charge is -2.27. The maximum absolute atomic E-state index is 10.8. The van der Waals surface area contributed by atoms with Gasteiger partial charge in [-0.15, -0.1) is 16.9 Å². The molecule has 0 spiro atoms. The second kappa shape index (κ2) is 4.84. The Kier molecular flexibility index (Phi) is 3.93. The molecule has 1 aromatic rings. The van der Waals surface area contributed by atoms with Crippen molar-refractivity contribution >= 4 is 17.7 Å². The number of aromatic nitrogens is 3. The number of aryl methyl sites for hydroxylation is 1. The van der Waals surface area contributed by atoms with Gasteiger partial charge < -0.3 is 10.8 Å². The predicted octanol–water partition coefficient (Wildman–Crippen LogP) is 0.239. The van der Waals surface area contributed by atoms with Crippen LogP contribution in [0.2, 0.25) is 0 Å². The molecule has 90 valence electrons. The highest BCUT2D eigenvalue weighted by Gasteiger charge is 2.32. The molecule has 0 fully saturated rings. The van der Waals surface area contributed by atoms with Crippen molar-refractivity contribution in [2.75, 3.05) is 0 Å². The Morgan fingerprint density at radius 1 is 1.75 bits per heavy atom. The van der Waals surface area contributed by atoms with Crippen LogP contribution in [0.3, 0.4) is 0 Å². The number of thioether (sulfide) groups is 1. The lowest BCUT2D eigenvalue weighted by Crippen LogP contribution is -2.46. The van der Waals surface area contributed by atoms with Crippen molar-refractivity contribution in [2.45, 2.75) is 30.4 Å². The standard InChI is InChI=1S/C9H16N4O2S/c1-9(2,7(10)8(14)15)16-5-6-4-13(3)12-11-6/h4,7H,5,10H2,1-3H3,(H,14,15)/t7-/m0/s1. The molecule has 1 aromatic heterocycles. The van der Waals surface area contributed by atoms with Crippen molar-refractivity contribution in [3.8, 4) is 0 Å². The molecular formula is C9H16N4O2S. The van der Waals surface area contributed by atoms with Crippen LogP contribution in [-0.4, -0.2) is 36.9 Å². The summed E-state index contributed by atoms with van der Waals surface area (Å²) in [6.45, 7) is 3.62. The van der Waals surface area contributed by atoms with E-state index in [0.717, 1.165) is 5.69 Å². The normalized spacial score (nSPS) is 13.8. The van der Waals surface area contributed by atoms with E-state index >= 15 is 0 Å². The number of aliphatic carboxylic acids is 1. The first kappa shape index (κ1) is 13.0. The van der Waals surface area contributed by atoms with Gasteiger partial charge in [-0.3, -0.25) is 9.48 Å². The Bertz CT molecular complexity index is 377. The van der Waals surface area contributed by atoms with Gasteiger partial charge in [0.15, 0.2) is 0 Å². The Labute approximate surface area is 98.2 Å². The number of carboxylic acid groups (broad SMARTS) is 1. The molecule has 0 saturated carbocycles. The van der Waals surface area contributed by atoms with E-state index in [2.05, 4.69) is 10.3 Å². The van der Waals surface area contributed by atoms with Crippen LogP contribution in [-0.2, 0) is 17.6 Å². The Balaban J connectivity index is 2.57. The second-order valence-electron chi connectivity index (χ2n) is 4.09. The molecule has 1 atom stereocenters. The van der Waals surface area contributed by atoms with Crippen LogP contribution in [0.5, 0.6) is 0 Å². The van der Waals surface area contributed by atoms with Crippen LogP contribution in [0.4, 0.5) is 0 Å². The summed E-state index contributed by atoms with van der Waals surface area (Å²) in [5.41, 5.74) is 6.42. The third-order valence-corrected chi connectivity index (χ3v) is 3.70. The van der Waals surface area contributed by atoms with E-state index in [1.54, 1.807) is 17.9 Å². The Morgan fingerprint density at radius 2 is 2.38 bits per heavy atom. The van der Waals surface area contributed by atoms with Gasteiger partial charge in [0.05, 0.1) is 5.69 Å². The van der Waals surface area contributed by atoms with E-state index in [0.29, 0.717) is 5.75 Å². The lowest BCUT2D eigenvalue weighted by atomic mass is 10.1. The van der Waals surface area contributed by atoms with Crippen molar-refractivity contribution in [3.63, 3.8) is 0 Å². The zero-order chi connectivity index (χ0) is 12.3. The van der Waals surface area contributed by atoms with Crippen molar-refractivity contribution < 1.29 is 9.90 Å². The third kappa shape index (κ3) is 3.21. The number of nitrogens with two attached hydrogens (primary N) is 1. The van der Waals surface area contributed by atoms with Crippen LogP contribution in [0.15, 0.2) is 6.20 Å². The summed E-state index contributed by atoms with van der Waals surface area (Å²) in [7, 11) is 1.79. The van der Waals surface area contributed by atoms with Crippen LogP contribution in [0.1, 0.15) is 19.5 Å². The predicted molar refractivity (Wildman–Crippen MR) is 62.0 cm³/mol. The molecule has 1 heterocycles. The highest BCUT2D eigenvalue weighted by atomic mass is 32.2. The first-order chi connectivity index (χ1) is 7.33. The molecule has 6 nitrogen and oxygen atoms in total. The average molecular weight is 244 g/mol. The summed E-state index contributed by atoms with van der Waals surface area (Å²) in [6, 6.07) is -0.894. The van der Waals surface area contributed by atoms with Crippen LogP contribution >= 0.6 is 11.8 Å². The quantitative estimate of drug-likeness (QED) is 0.770. The third-order valence-electron chi connectivity index (χ3n) is 2.26. The maximum Gasteiger partial charge on any atom is 0.321 e. The van der Waals surface area contributed by atoms with Crippen molar-refractivity contribution in [3.05, 3.63) is 11.9 Å². The highest BCUT2D eigenvalue weighted by Crippen LogP contribution is 2.29. The van der Waals surface area contributed by atoms with E-state index in [-0.39, 0.29) is 0 Å². The minimum Gasteiger partial charge on any atom is -0.480 e. The molecule has 16 heavy (non-hydrogen) atoms. The first-order valence-corrected chi connectivity index (χ1v) is 5.79. The number of hydrogen-bond donors (Lipinski definition) is 2. The number of rotatable bonds is 5. The van der Waals surface area contributed by atoms with Gasteiger partial charge in [0, 0.05) is 23.7 Å². The van der Waals surface area contributed by atoms with Gasteiger partial charge in [-0.1, -0.05) is 5.21 Å². The molecule has 0 aliphatic heterocycles. The largest absolute Gasteiger partial charge is 0.480 e. The molecule has 0 amide bonds. The zero-order valence-electron chi connectivity index (χ0n) is 9.54. The van der Waals surface area contributed by atoms with Gasteiger partial charge in [-0.2, -0.15) is 0 Å². The summed E-state index contributed by atoms with van der Waals surface area (Å²) in [5.74, 6) is -0.390. The molecule has 0 aliphatic rings. The van der Waals surface area contributed by atoms with Crippen LogP contribution < -0.4 is 5.73 Å². The van der Waals surface area contributed by atoms with Crippen LogP contribution in [0.25, 0.3) is 0 Å². The Hall–Kier alpha value is -1.08. The molecule has 0 saturated heterocycles. The first-order valence-electron chi connectivity index (χ1n) is 4.80. The molecule has 3 N–H and O–H groups in total. The molecular weight excluding hydrogens is 228 g/mol. The summed E-state index contributed by atoms with van der Waals surface area (Å²) >= 11 is 1.46. The molecule has 0 unspecified atom stereocenters. The fourth-order valence-electron chi connectivity index (χ4n) is 1.11. The summed E-state index contributed by atoms with van der Waals surface area (Å²) in [5, 5.41) is 16.6. The molecule has 7 heteroatoms. The van der Waals surface area contributed by atoms with E-state index in [1.165, 1.54) is 11.8 Å². The van der Waals surface area contributed by atoms with Gasteiger partial charge in [0.1, 0.15) is 6.04 Å². The van der Waals surface area contributed by atoms with Gasteiger partial charge in [-0.25, -0.2) is 0 Å². The summed E-state index contributed by atoms with van der Waals surface area (Å²) in [4.78, 5) is 10.8. The van der Waals surface area contributed by atoms with Gasteiger partial charge in [0.2, 0.25) is 0 Å². The van der Waals surface area contributed by atoms with Gasteiger partial charge >= 0.3 is 5.97 Å². The SMILES string of the molecule is Cn1cc(CSC(C)(C)[C@@H](N)C(=O)O)nn1. The number of nitrogens with zero attached hydrogens (tertiary/aromatic N) is 3. The maximum atomic E-state index is 10.8. The summed E-state index contributed by atoms with van der Waals surface area (Å²) in [6.07, 6.45) is 1.80. The van der Waals surface area contributed by atoms with E-state index < -0.39 is 16.8 Å².